The maximum absolute atomic E-state index is 12.4. The number of carbonyl (C=O) groups excluding carboxylic acids is 1. The van der Waals surface area contributed by atoms with Crippen molar-refractivity contribution >= 4 is 17.4 Å². The molecule has 1 aromatic carbocycles. The molecule has 1 aliphatic heterocycles. The molecule has 0 unspecified atom stereocenters. The summed E-state index contributed by atoms with van der Waals surface area (Å²) >= 11 is 0. The highest BCUT2D eigenvalue weighted by Gasteiger charge is 2.21. The van der Waals surface area contributed by atoms with E-state index in [1.807, 2.05) is 4.90 Å². The van der Waals surface area contributed by atoms with Crippen LogP contribution < -0.4 is 15.1 Å². The predicted molar refractivity (Wildman–Crippen MR) is 118 cm³/mol. The number of hydrogen-bond donors (Lipinski definition) is 1. The molecule has 5 heteroatoms. The van der Waals surface area contributed by atoms with Crippen LogP contribution in [0, 0.1) is 0 Å². The molecule has 1 aliphatic carbocycles. The number of nitrogens with zero attached hydrogens (tertiary/aromatic N) is 3. The zero-order valence-corrected chi connectivity index (χ0v) is 17.6. The van der Waals surface area contributed by atoms with E-state index in [2.05, 4.69) is 59.3 Å². The lowest BCUT2D eigenvalue weighted by Gasteiger charge is -2.36. The maximum Gasteiger partial charge on any atom is 0.317 e. The Balaban J connectivity index is 1.42. The summed E-state index contributed by atoms with van der Waals surface area (Å²) in [6.07, 6.45) is 8.41. The van der Waals surface area contributed by atoms with Gasteiger partial charge in [0.05, 0.1) is 0 Å². The average Bonchev–Trinajstić information content (AvgIpc) is 2.76. The molecule has 1 fully saturated rings. The van der Waals surface area contributed by atoms with Crippen LogP contribution in [0.5, 0.6) is 0 Å². The van der Waals surface area contributed by atoms with Crippen LogP contribution in [0.4, 0.5) is 16.2 Å². The van der Waals surface area contributed by atoms with E-state index in [4.69, 9.17) is 0 Å². The largest absolute Gasteiger partial charge is 0.372 e. The summed E-state index contributed by atoms with van der Waals surface area (Å²) in [4.78, 5) is 19.1. The summed E-state index contributed by atoms with van der Waals surface area (Å²) in [5, 5.41) is 3.11. The van der Waals surface area contributed by atoms with Crippen LogP contribution in [0.1, 0.15) is 46.0 Å². The van der Waals surface area contributed by atoms with Crippen LogP contribution in [0.3, 0.4) is 0 Å². The van der Waals surface area contributed by atoms with Crippen LogP contribution in [0.2, 0.25) is 0 Å². The van der Waals surface area contributed by atoms with Crippen molar-refractivity contribution in [3.05, 3.63) is 35.9 Å². The lowest BCUT2D eigenvalue weighted by Crippen LogP contribution is -2.52. The molecule has 0 radical (unpaired) electrons. The van der Waals surface area contributed by atoms with Gasteiger partial charge in [0.1, 0.15) is 0 Å². The predicted octanol–water partition coefficient (Wildman–Crippen LogP) is 4.25. The Hall–Kier alpha value is -2.17. The molecule has 28 heavy (non-hydrogen) atoms. The molecule has 2 amide bonds. The normalized spacial score (nSPS) is 17.3. The first-order valence-corrected chi connectivity index (χ1v) is 11.0. The number of urea groups is 1. The Kier molecular flexibility index (Phi) is 7.63. The number of allylic oxidation sites excluding steroid dienone is 1. The summed E-state index contributed by atoms with van der Waals surface area (Å²) in [6, 6.07) is 8.93. The number of amides is 2. The van der Waals surface area contributed by atoms with E-state index in [9.17, 15) is 4.79 Å². The Morgan fingerprint density at radius 3 is 2.36 bits per heavy atom. The van der Waals surface area contributed by atoms with Gasteiger partial charge in [-0.05, 0) is 70.2 Å². The molecular weight excluding hydrogens is 348 g/mol. The van der Waals surface area contributed by atoms with E-state index in [0.717, 1.165) is 52.2 Å². The van der Waals surface area contributed by atoms with Crippen LogP contribution in [-0.4, -0.2) is 56.7 Å². The number of benzene rings is 1. The molecule has 0 aromatic heterocycles. The van der Waals surface area contributed by atoms with Gasteiger partial charge in [0.15, 0.2) is 0 Å². The summed E-state index contributed by atoms with van der Waals surface area (Å²) in [5.41, 5.74) is 4.05. The second-order valence-electron chi connectivity index (χ2n) is 7.75. The highest BCUT2D eigenvalue weighted by atomic mass is 16.2. The first-order valence-electron chi connectivity index (χ1n) is 11.0. The Bertz CT molecular complexity index is 643. The quantitative estimate of drug-likeness (QED) is 0.714. The van der Waals surface area contributed by atoms with Crippen LogP contribution in [0.15, 0.2) is 35.9 Å². The van der Waals surface area contributed by atoms with Crippen LogP contribution >= 0.6 is 0 Å². The molecule has 1 heterocycles. The SMILES string of the molecule is CCN(CC)c1ccc(N2CCN(C(=O)NCCC3=CCCCC3)CC2)cc1. The van der Waals surface area contributed by atoms with E-state index < -0.39 is 0 Å². The molecular formula is C23H36N4O. The molecule has 0 atom stereocenters. The first kappa shape index (κ1) is 20.6. The molecule has 1 aromatic rings. The molecule has 2 aliphatic rings. The molecule has 0 bridgehead atoms. The fourth-order valence-corrected chi connectivity index (χ4v) is 4.20. The Morgan fingerprint density at radius 2 is 1.75 bits per heavy atom. The average molecular weight is 385 g/mol. The monoisotopic (exact) mass is 384 g/mol. The number of piperazine rings is 1. The number of anilines is 2. The minimum Gasteiger partial charge on any atom is -0.372 e. The van der Waals surface area contributed by atoms with Crippen molar-refractivity contribution in [3.8, 4) is 0 Å². The number of hydrogen-bond acceptors (Lipinski definition) is 3. The van der Waals surface area contributed by atoms with E-state index in [1.54, 1.807) is 0 Å². The van der Waals surface area contributed by atoms with Gasteiger partial charge in [-0.3, -0.25) is 0 Å². The smallest absolute Gasteiger partial charge is 0.317 e. The van der Waals surface area contributed by atoms with E-state index in [1.165, 1.54) is 42.6 Å². The van der Waals surface area contributed by atoms with Gasteiger partial charge in [-0.25, -0.2) is 4.79 Å². The summed E-state index contributed by atoms with van der Waals surface area (Å²) < 4.78 is 0. The highest BCUT2D eigenvalue weighted by molar-refractivity contribution is 5.74. The van der Waals surface area contributed by atoms with Gasteiger partial charge in [-0.2, -0.15) is 0 Å². The van der Waals surface area contributed by atoms with Gasteiger partial charge in [0.2, 0.25) is 0 Å². The van der Waals surface area contributed by atoms with Crippen molar-refractivity contribution in [2.45, 2.75) is 46.0 Å². The molecule has 1 N–H and O–H groups in total. The molecule has 154 valence electrons. The van der Waals surface area contributed by atoms with Gasteiger partial charge in [-0.15, -0.1) is 0 Å². The first-order chi connectivity index (χ1) is 13.7. The summed E-state index contributed by atoms with van der Waals surface area (Å²) in [5.74, 6) is 0. The zero-order chi connectivity index (χ0) is 19.8. The van der Waals surface area contributed by atoms with E-state index in [-0.39, 0.29) is 6.03 Å². The van der Waals surface area contributed by atoms with Gasteiger partial charge in [0, 0.05) is 57.2 Å². The topological polar surface area (TPSA) is 38.8 Å². The molecule has 5 nitrogen and oxygen atoms in total. The molecule has 0 spiro atoms. The highest BCUT2D eigenvalue weighted by Crippen LogP contribution is 2.22. The van der Waals surface area contributed by atoms with E-state index in [0.29, 0.717) is 0 Å². The van der Waals surface area contributed by atoms with Gasteiger partial charge in [0.25, 0.3) is 0 Å². The fourth-order valence-electron chi connectivity index (χ4n) is 4.20. The van der Waals surface area contributed by atoms with Crippen molar-refractivity contribution in [2.75, 3.05) is 55.6 Å². The minimum absolute atomic E-state index is 0.0907. The van der Waals surface area contributed by atoms with Gasteiger partial charge >= 0.3 is 6.03 Å². The number of rotatable bonds is 7. The van der Waals surface area contributed by atoms with Gasteiger partial charge in [-0.1, -0.05) is 11.6 Å². The van der Waals surface area contributed by atoms with Crippen LogP contribution in [-0.2, 0) is 0 Å². The standard InChI is InChI=1S/C23H36N4O/c1-3-25(4-2)21-10-12-22(13-11-21)26-16-18-27(19-17-26)23(28)24-15-14-20-8-6-5-7-9-20/h8,10-13H,3-7,9,14-19H2,1-2H3,(H,24,28). The second kappa shape index (κ2) is 10.4. The maximum atomic E-state index is 12.4. The molecule has 1 saturated heterocycles. The summed E-state index contributed by atoms with van der Waals surface area (Å²) in [6.45, 7) is 10.5. The Morgan fingerprint density at radius 1 is 1.04 bits per heavy atom. The number of nitrogens with one attached hydrogen (secondary N) is 1. The van der Waals surface area contributed by atoms with Crippen molar-refractivity contribution in [3.63, 3.8) is 0 Å². The van der Waals surface area contributed by atoms with Crippen molar-refractivity contribution in [1.82, 2.24) is 10.2 Å². The third kappa shape index (κ3) is 5.43. The Labute approximate surface area is 170 Å². The van der Waals surface area contributed by atoms with Crippen molar-refractivity contribution in [2.24, 2.45) is 0 Å². The fraction of sp³-hybridized carbons (Fsp3) is 0.609. The third-order valence-electron chi connectivity index (χ3n) is 6.02. The van der Waals surface area contributed by atoms with Crippen molar-refractivity contribution in [1.29, 1.82) is 0 Å². The molecule has 0 saturated carbocycles. The summed E-state index contributed by atoms with van der Waals surface area (Å²) in [7, 11) is 0. The second-order valence-corrected chi connectivity index (χ2v) is 7.75. The van der Waals surface area contributed by atoms with E-state index >= 15 is 0 Å². The third-order valence-corrected chi connectivity index (χ3v) is 6.02. The zero-order valence-electron chi connectivity index (χ0n) is 17.6. The minimum atomic E-state index is 0.0907. The van der Waals surface area contributed by atoms with Crippen molar-refractivity contribution < 1.29 is 4.79 Å². The van der Waals surface area contributed by atoms with Gasteiger partial charge < -0.3 is 20.0 Å². The molecule has 3 rings (SSSR count). The lowest BCUT2D eigenvalue weighted by atomic mass is 9.97. The lowest BCUT2D eigenvalue weighted by molar-refractivity contribution is 0.194. The number of carbonyl (C=O) groups is 1. The van der Waals surface area contributed by atoms with Crippen LogP contribution in [0.25, 0.3) is 0 Å².